The van der Waals surface area contributed by atoms with E-state index in [1.165, 1.54) is 0 Å². The molecule has 1 N–H and O–H groups in total. The molecule has 0 aliphatic heterocycles. The Hall–Kier alpha value is -1.81. The first kappa shape index (κ1) is 15.6. The standard InChI is InChI=1S/C17H18F3N/c1-10(2)21-9-12-4-5-13(11(3)6-12)14-7-16(19)17(20)8-15(14)18/h4-8,10,21H,9H2,1-3H3. The van der Waals surface area contributed by atoms with E-state index in [1.54, 1.807) is 6.07 Å². The molecule has 0 aromatic heterocycles. The van der Waals surface area contributed by atoms with Gasteiger partial charge in [-0.05, 0) is 29.7 Å². The molecule has 1 nitrogen and oxygen atoms in total. The third-order valence-corrected chi connectivity index (χ3v) is 3.31. The molecule has 0 atom stereocenters. The summed E-state index contributed by atoms with van der Waals surface area (Å²) in [6.45, 7) is 6.64. The molecule has 0 unspecified atom stereocenters. The second kappa shape index (κ2) is 6.31. The summed E-state index contributed by atoms with van der Waals surface area (Å²) < 4.78 is 40.1. The number of hydrogen-bond donors (Lipinski definition) is 1. The van der Waals surface area contributed by atoms with E-state index in [2.05, 4.69) is 19.2 Å². The lowest BCUT2D eigenvalue weighted by Gasteiger charge is -2.12. The Morgan fingerprint density at radius 3 is 2.19 bits per heavy atom. The molecule has 21 heavy (non-hydrogen) atoms. The van der Waals surface area contributed by atoms with Gasteiger partial charge in [-0.1, -0.05) is 32.0 Å². The van der Waals surface area contributed by atoms with Crippen LogP contribution in [-0.4, -0.2) is 6.04 Å². The number of benzene rings is 2. The summed E-state index contributed by atoms with van der Waals surface area (Å²) in [7, 11) is 0. The molecule has 4 heteroatoms. The van der Waals surface area contributed by atoms with Crippen LogP contribution >= 0.6 is 0 Å². The highest BCUT2D eigenvalue weighted by atomic mass is 19.2. The minimum atomic E-state index is -1.17. The van der Waals surface area contributed by atoms with Gasteiger partial charge in [-0.25, -0.2) is 13.2 Å². The van der Waals surface area contributed by atoms with Crippen molar-refractivity contribution in [3.8, 4) is 11.1 Å². The number of nitrogens with one attached hydrogen (secondary N) is 1. The second-order valence-electron chi connectivity index (χ2n) is 5.43. The zero-order valence-corrected chi connectivity index (χ0v) is 12.3. The number of rotatable bonds is 4. The maximum atomic E-state index is 13.8. The summed E-state index contributed by atoms with van der Waals surface area (Å²) in [4.78, 5) is 0. The molecule has 2 rings (SSSR count). The lowest BCUT2D eigenvalue weighted by Crippen LogP contribution is -2.21. The van der Waals surface area contributed by atoms with E-state index in [1.807, 2.05) is 19.1 Å². The molecule has 2 aromatic rings. The zero-order chi connectivity index (χ0) is 15.6. The highest BCUT2D eigenvalue weighted by molar-refractivity contribution is 5.68. The van der Waals surface area contributed by atoms with Gasteiger partial charge in [0.2, 0.25) is 0 Å². The Balaban J connectivity index is 2.35. The van der Waals surface area contributed by atoms with E-state index in [-0.39, 0.29) is 5.56 Å². The first-order valence-corrected chi connectivity index (χ1v) is 6.86. The minimum Gasteiger partial charge on any atom is -0.310 e. The van der Waals surface area contributed by atoms with Gasteiger partial charge in [0, 0.05) is 24.2 Å². The predicted molar refractivity (Wildman–Crippen MR) is 78.5 cm³/mol. The summed E-state index contributed by atoms with van der Waals surface area (Å²) in [5, 5.41) is 3.29. The van der Waals surface area contributed by atoms with Gasteiger partial charge < -0.3 is 5.32 Å². The quantitative estimate of drug-likeness (QED) is 0.814. The van der Waals surface area contributed by atoms with Gasteiger partial charge >= 0.3 is 0 Å². The van der Waals surface area contributed by atoms with Crippen LogP contribution in [-0.2, 0) is 6.54 Å². The zero-order valence-electron chi connectivity index (χ0n) is 12.3. The first-order chi connectivity index (χ1) is 9.88. The Morgan fingerprint density at radius 1 is 0.905 bits per heavy atom. The highest BCUT2D eigenvalue weighted by Gasteiger charge is 2.13. The lowest BCUT2D eigenvalue weighted by atomic mass is 9.97. The Labute approximate surface area is 122 Å². The molecule has 0 aliphatic carbocycles. The molecular weight excluding hydrogens is 275 g/mol. The number of aryl methyl sites for hydroxylation is 1. The average Bonchev–Trinajstić information content (AvgIpc) is 2.41. The van der Waals surface area contributed by atoms with Gasteiger partial charge in [0.1, 0.15) is 5.82 Å². The van der Waals surface area contributed by atoms with Gasteiger partial charge in [0.25, 0.3) is 0 Å². The van der Waals surface area contributed by atoms with Crippen LogP contribution in [0.2, 0.25) is 0 Å². The van der Waals surface area contributed by atoms with E-state index in [4.69, 9.17) is 0 Å². The van der Waals surface area contributed by atoms with Crippen LogP contribution in [0.25, 0.3) is 11.1 Å². The van der Waals surface area contributed by atoms with Gasteiger partial charge in [-0.15, -0.1) is 0 Å². The fourth-order valence-electron chi connectivity index (χ4n) is 2.19. The van der Waals surface area contributed by atoms with E-state index in [9.17, 15) is 13.2 Å². The molecule has 0 spiro atoms. The third kappa shape index (κ3) is 3.64. The Morgan fingerprint density at radius 2 is 1.57 bits per heavy atom. The van der Waals surface area contributed by atoms with Gasteiger partial charge in [-0.3, -0.25) is 0 Å². The molecule has 0 radical (unpaired) electrons. The van der Waals surface area contributed by atoms with Crippen molar-refractivity contribution in [2.45, 2.75) is 33.4 Å². The summed E-state index contributed by atoms with van der Waals surface area (Å²) in [5.41, 5.74) is 2.53. The van der Waals surface area contributed by atoms with E-state index < -0.39 is 17.5 Å². The molecular formula is C17H18F3N. The molecule has 0 amide bonds. The van der Waals surface area contributed by atoms with Crippen LogP contribution in [0.4, 0.5) is 13.2 Å². The van der Waals surface area contributed by atoms with Crippen molar-refractivity contribution in [3.05, 3.63) is 58.9 Å². The van der Waals surface area contributed by atoms with Crippen LogP contribution in [0.5, 0.6) is 0 Å². The van der Waals surface area contributed by atoms with E-state index in [0.29, 0.717) is 24.2 Å². The Kier molecular flexibility index (Phi) is 4.68. The van der Waals surface area contributed by atoms with Crippen LogP contribution in [0.1, 0.15) is 25.0 Å². The van der Waals surface area contributed by atoms with Crippen molar-refractivity contribution in [2.24, 2.45) is 0 Å². The average molecular weight is 293 g/mol. The molecule has 0 aliphatic rings. The molecule has 0 fully saturated rings. The smallest absolute Gasteiger partial charge is 0.161 e. The maximum Gasteiger partial charge on any atom is 0.161 e. The molecule has 112 valence electrons. The van der Waals surface area contributed by atoms with Crippen molar-refractivity contribution in [1.82, 2.24) is 5.32 Å². The molecule has 0 bridgehead atoms. The second-order valence-corrected chi connectivity index (χ2v) is 5.43. The van der Waals surface area contributed by atoms with Crippen molar-refractivity contribution < 1.29 is 13.2 Å². The SMILES string of the molecule is Cc1cc(CNC(C)C)ccc1-c1cc(F)c(F)cc1F. The fourth-order valence-corrected chi connectivity index (χ4v) is 2.19. The monoisotopic (exact) mass is 293 g/mol. The predicted octanol–water partition coefficient (Wildman–Crippen LogP) is 4.58. The number of hydrogen-bond acceptors (Lipinski definition) is 1. The van der Waals surface area contributed by atoms with Crippen molar-refractivity contribution in [3.63, 3.8) is 0 Å². The van der Waals surface area contributed by atoms with Crippen molar-refractivity contribution >= 4 is 0 Å². The normalized spacial score (nSPS) is 11.2. The van der Waals surface area contributed by atoms with Crippen LogP contribution in [0.3, 0.4) is 0 Å². The fraction of sp³-hybridized carbons (Fsp3) is 0.294. The summed E-state index contributed by atoms with van der Waals surface area (Å²) in [6, 6.07) is 7.37. The largest absolute Gasteiger partial charge is 0.310 e. The summed E-state index contributed by atoms with van der Waals surface area (Å²) >= 11 is 0. The van der Waals surface area contributed by atoms with Gasteiger partial charge in [0.05, 0.1) is 0 Å². The summed E-state index contributed by atoms with van der Waals surface area (Å²) in [5.74, 6) is -2.98. The minimum absolute atomic E-state index is 0.0785. The highest BCUT2D eigenvalue weighted by Crippen LogP contribution is 2.28. The van der Waals surface area contributed by atoms with Gasteiger partial charge in [-0.2, -0.15) is 0 Å². The molecule has 2 aromatic carbocycles. The third-order valence-electron chi connectivity index (χ3n) is 3.31. The molecule has 0 heterocycles. The van der Waals surface area contributed by atoms with Crippen molar-refractivity contribution in [2.75, 3.05) is 0 Å². The maximum absolute atomic E-state index is 13.8. The van der Waals surface area contributed by atoms with Crippen LogP contribution in [0, 0.1) is 24.4 Å². The Bertz CT molecular complexity index is 651. The summed E-state index contributed by atoms with van der Waals surface area (Å²) in [6.07, 6.45) is 0. The van der Waals surface area contributed by atoms with Crippen molar-refractivity contribution in [1.29, 1.82) is 0 Å². The van der Waals surface area contributed by atoms with E-state index >= 15 is 0 Å². The van der Waals surface area contributed by atoms with Crippen LogP contribution in [0.15, 0.2) is 30.3 Å². The first-order valence-electron chi connectivity index (χ1n) is 6.86. The topological polar surface area (TPSA) is 12.0 Å². The molecule has 0 saturated carbocycles. The lowest BCUT2D eigenvalue weighted by molar-refractivity contribution is 0.496. The van der Waals surface area contributed by atoms with Gasteiger partial charge in [0.15, 0.2) is 11.6 Å². The van der Waals surface area contributed by atoms with E-state index in [0.717, 1.165) is 17.2 Å². The van der Waals surface area contributed by atoms with Crippen LogP contribution < -0.4 is 5.32 Å². The number of halogens is 3. The molecule has 0 saturated heterocycles.